The van der Waals surface area contributed by atoms with Crippen LogP contribution in [-0.4, -0.2) is 6.54 Å². The Hall–Kier alpha value is -0.600. The number of benzene rings is 1. The Morgan fingerprint density at radius 1 is 1.39 bits per heavy atom. The van der Waals surface area contributed by atoms with Gasteiger partial charge in [-0.3, -0.25) is 0 Å². The molecule has 1 atom stereocenters. The molecule has 0 amide bonds. The highest BCUT2D eigenvalue weighted by Crippen LogP contribution is 2.25. The summed E-state index contributed by atoms with van der Waals surface area (Å²) < 4.78 is 1.16. The third-order valence-corrected chi connectivity index (χ3v) is 3.43. The number of halogens is 1. The van der Waals surface area contributed by atoms with E-state index in [9.17, 15) is 0 Å². The molecule has 0 spiro atoms. The molecule has 0 fully saturated rings. The van der Waals surface area contributed by atoms with Gasteiger partial charge >= 0.3 is 0 Å². The molecule has 0 aliphatic rings. The van der Waals surface area contributed by atoms with Crippen LogP contribution in [0.25, 0.3) is 0 Å². The molecule has 0 radical (unpaired) electrons. The van der Waals surface area contributed by atoms with E-state index in [1.54, 1.807) is 0 Å². The van der Waals surface area contributed by atoms with E-state index in [1.165, 1.54) is 16.7 Å². The van der Waals surface area contributed by atoms with Crippen LogP contribution in [0.3, 0.4) is 0 Å². The van der Waals surface area contributed by atoms with Crippen LogP contribution in [0, 0.1) is 6.92 Å². The summed E-state index contributed by atoms with van der Waals surface area (Å²) in [5.41, 5.74) is 3.93. The molecule has 100 valence electrons. The Morgan fingerprint density at radius 3 is 2.67 bits per heavy atom. The van der Waals surface area contributed by atoms with Crippen molar-refractivity contribution in [2.24, 2.45) is 0 Å². The SMILES string of the molecule is C=C(C)CCC(NCCC)c1cc(C)cc(Br)c1. The molecule has 1 aromatic rings. The van der Waals surface area contributed by atoms with Crippen molar-refractivity contribution in [1.29, 1.82) is 0 Å². The second kappa shape index (κ2) is 7.75. The van der Waals surface area contributed by atoms with E-state index in [4.69, 9.17) is 0 Å². The number of rotatable bonds is 7. The molecule has 2 heteroatoms. The van der Waals surface area contributed by atoms with E-state index >= 15 is 0 Å². The molecule has 1 N–H and O–H groups in total. The first-order chi connectivity index (χ1) is 8.52. The molecular formula is C16H24BrN. The molecule has 0 aromatic heterocycles. The predicted molar refractivity (Wildman–Crippen MR) is 84.0 cm³/mol. The van der Waals surface area contributed by atoms with Crippen molar-refractivity contribution >= 4 is 15.9 Å². The molecule has 1 rings (SSSR count). The van der Waals surface area contributed by atoms with Gasteiger partial charge in [-0.15, -0.1) is 6.58 Å². The van der Waals surface area contributed by atoms with Gasteiger partial charge in [-0.2, -0.15) is 0 Å². The Labute approximate surface area is 120 Å². The Bertz CT molecular complexity index is 378. The second-order valence-corrected chi connectivity index (χ2v) is 5.98. The fourth-order valence-corrected chi connectivity index (χ4v) is 2.69. The molecule has 0 aliphatic heterocycles. The zero-order valence-corrected chi connectivity index (χ0v) is 13.3. The average Bonchev–Trinajstić information content (AvgIpc) is 2.27. The minimum atomic E-state index is 0.429. The van der Waals surface area contributed by atoms with E-state index in [2.05, 4.69) is 66.8 Å². The highest BCUT2D eigenvalue weighted by molar-refractivity contribution is 9.10. The largest absolute Gasteiger partial charge is 0.310 e. The quantitative estimate of drug-likeness (QED) is 0.686. The Morgan fingerprint density at radius 2 is 2.11 bits per heavy atom. The fourth-order valence-electron chi connectivity index (χ4n) is 2.06. The van der Waals surface area contributed by atoms with Crippen molar-refractivity contribution in [3.05, 3.63) is 46.0 Å². The van der Waals surface area contributed by atoms with Gasteiger partial charge in [-0.05, 0) is 62.9 Å². The van der Waals surface area contributed by atoms with Gasteiger partial charge in [0.15, 0.2) is 0 Å². The van der Waals surface area contributed by atoms with Crippen molar-refractivity contribution in [3.63, 3.8) is 0 Å². The number of hydrogen-bond donors (Lipinski definition) is 1. The third-order valence-electron chi connectivity index (χ3n) is 2.97. The van der Waals surface area contributed by atoms with Gasteiger partial charge in [0.2, 0.25) is 0 Å². The van der Waals surface area contributed by atoms with Crippen LogP contribution in [0.1, 0.15) is 50.3 Å². The second-order valence-electron chi connectivity index (χ2n) is 5.06. The Kier molecular flexibility index (Phi) is 6.66. The molecule has 0 bridgehead atoms. The number of allylic oxidation sites excluding steroid dienone is 1. The van der Waals surface area contributed by atoms with Crippen LogP contribution in [0.2, 0.25) is 0 Å². The summed E-state index contributed by atoms with van der Waals surface area (Å²) in [6.45, 7) is 11.5. The van der Waals surface area contributed by atoms with Crippen molar-refractivity contribution < 1.29 is 0 Å². The van der Waals surface area contributed by atoms with Gasteiger partial charge in [-0.25, -0.2) is 0 Å². The number of hydrogen-bond acceptors (Lipinski definition) is 1. The van der Waals surface area contributed by atoms with Gasteiger partial charge in [0, 0.05) is 10.5 Å². The summed E-state index contributed by atoms with van der Waals surface area (Å²) in [6.07, 6.45) is 3.36. The molecule has 0 heterocycles. The van der Waals surface area contributed by atoms with Crippen molar-refractivity contribution in [3.8, 4) is 0 Å². The monoisotopic (exact) mass is 309 g/mol. The minimum absolute atomic E-state index is 0.429. The smallest absolute Gasteiger partial charge is 0.0323 e. The van der Waals surface area contributed by atoms with Crippen molar-refractivity contribution in [1.82, 2.24) is 5.32 Å². The molecule has 0 saturated heterocycles. The summed E-state index contributed by atoms with van der Waals surface area (Å²) in [5.74, 6) is 0. The fraction of sp³-hybridized carbons (Fsp3) is 0.500. The van der Waals surface area contributed by atoms with Gasteiger partial charge in [-0.1, -0.05) is 34.5 Å². The van der Waals surface area contributed by atoms with E-state index in [0.717, 1.165) is 30.3 Å². The lowest BCUT2D eigenvalue weighted by atomic mass is 9.98. The molecule has 18 heavy (non-hydrogen) atoms. The minimum Gasteiger partial charge on any atom is -0.310 e. The third kappa shape index (κ3) is 5.36. The Balaban J connectivity index is 2.82. The molecule has 0 aliphatic carbocycles. The maximum atomic E-state index is 4.00. The zero-order chi connectivity index (χ0) is 13.5. The van der Waals surface area contributed by atoms with Gasteiger partial charge < -0.3 is 5.32 Å². The van der Waals surface area contributed by atoms with Crippen molar-refractivity contribution in [2.75, 3.05) is 6.54 Å². The van der Waals surface area contributed by atoms with Crippen LogP contribution in [0.5, 0.6) is 0 Å². The molecule has 1 nitrogen and oxygen atoms in total. The summed E-state index contributed by atoms with van der Waals surface area (Å²) in [4.78, 5) is 0. The van der Waals surface area contributed by atoms with Gasteiger partial charge in [0.25, 0.3) is 0 Å². The molecule has 0 saturated carbocycles. The molecule has 1 unspecified atom stereocenters. The summed E-state index contributed by atoms with van der Waals surface area (Å²) in [6, 6.07) is 7.08. The van der Waals surface area contributed by atoms with E-state index in [0.29, 0.717) is 6.04 Å². The molecule has 1 aromatic carbocycles. The lowest BCUT2D eigenvalue weighted by Crippen LogP contribution is -2.22. The highest BCUT2D eigenvalue weighted by atomic mass is 79.9. The van der Waals surface area contributed by atoms with Crippen LogP contribution in [-0.2, 0) is 0 Å². The topological polar surface area (TPSA) is 12.0 Å². The standard InChI is InChI=1S/C16H24BrN/c1-5-8-18-16(7-6-12(2)3)14-9-13(4)10-15(17)11-14/h9-11,16,18H,2,5-8H2,1,3-4H3. The number of aryl methyl sites for hydroxylation is 1. The maximum absolute atomic E-state index is 4.00. The van der Waals surface area contributed by atoms with Crippen LogP contribution >= 0.6 is 15.9 Å². The van der Waals surface area contributed by atoms with Gasteiger partial charge in [0.1, 0.15) is 0 Å². The summed E-state index contributed by atoms with van der Waals surface area (Å²) in [5, 5.41) is 3.63. The van der Waals surface area contributed by atoms with E-state index in [-0.39, 0.29) is 0 Å². The predicted octanol–water partition coefficient (Wildman–Crippen LogP) is 5.15. The maximum Gasteiger partial charge on any atom is 0.0323 e. The first kappa shape index (κ1) is 15.5. The van der Waals surface area contributed by atoms with Crippen LogP contribution in [0.4, 0.5) is 0 Å². The lowest BCUT2D eigenvalue weighted by Gasteiger charge is -2.20. The summed E-state index contributed by atoms with van der Waals surface area (Å²) in [7, 11) is 0. The highest BCUT2D eigenvalue weighted by Gasteiger charge is 2.11. The van der Waals surface area contributed by atoms with E-state index < -0.39 is 0 Å². The first-order valence-electron chi connectivity index (χ1n) is 6.67. The van der Waals surface area contributed by atoms with E-state index in [1.807, 2.05) is 0 Å². The average molecular weight is 310 g/mol. The zero-order valence-electron chi connectivity index (χ0n) is 11.7. The normalized spacial score (nSPS) is 12.4. The van der Waals surface area contributed by atoms with Crippen molar-refractivity contribution in [2.45, 2.75) is 46.1 Å². The molecular weight excluding hydrogens is 286 g/mol. The number of nitrogens with one attached hydrogen (secondary N) is 1. The summed E-state index contributed by atoms with van der Waals surface area (Å²) >= 11 is 3.58. The first-order valence-corrected chi connectivity index (χ1v) is 7.47. The van der Waals surface area contributed by atoms with Gasteiger partial charge in [0.05, 0.1) is 0 Å². The lowest BCUT2D eigenvalue weighted by molar-refractivity contribution is 0.498. The van der Waals surface area contributed by atoms with Crippen LogP contribution < -0.4 is 5.32 Å². The van der Waals surface area contributed by atoms with Crippen LogP contribution in [0.15, 0.2) is 34.8 Å².